The smallest absolute Gasteiger partial charge is 0.207 e. The Balaban J connectivity index is 1.95. The summed E-state index contributed by atoms with van der Waals surface area (Å²) in [6.07, 6.45) is 7.04. The van der Waals surface area contributed by atoms with Crippen molar-refractivity contribution in [3.05, 3.63) is 108 Å². The monoisotopic (exact) mass is 330 g/mol. The maximum atomic E-state index is 10.5. The first-order valence-electron chi connectivity index (χ1n) is 8.42. The predicted octanol–water partition coefficient (Wildman–Crippen LogP) is 3.83. The zero-order valence-corrected chi connectivity index (χ0v) is 14.1. The predicted molar refractivity (Wildman–Crippen MR) is 102 cm³/mol. The second-order valence-corrected chi connectivity index (χ2v) is 5.97. The van der Waals surface area contributed by atoms with Crippen molar-refractivity contribution in [3.8, 4) is 0 Å². The summed E-state index contributed by atoms with van der Waals surface area (Å²) in [7, 11) is 0. The molecule has 0 aromatic heterocycles. The Kier molecular flexibility index (Phi) is 5.47. The lowest BCUT2D eigenvalue weighted by Crippen LogP contribution is -2.28. The van der Waals surface area contributed by atoms with Crippen molar-refractivity contribution in [2.45, 2.75) is 5.92 Å². The maximum Gasteiger partial charge on any atom is 0.207 e. The van der Waals surface area contributed by atoms with E-state index in [1.807, 2.05) is 18.2 Å². The molecule has 3 nitrogen and oxygen atoms in total. The van der Waals surface area contributed by atoms with Crippen LogP contribution in [0.25, 0.3) is 0 Å². The number of carbonyl (C=O) groups excluding carboxylic acids is 1. The summed E-state index contributed by atoms with van der Waals surface area (Å²) >= 11 is 0. The Hall–Kier alpha value is -3.07. The third-order valence-corrected chi connectivity index (χ3v) is 4.32. The van der Waals surface area contributed by atoms with Crippen LogP contribution in [0.1, 0.15) is 17.0 Å². The number of nitrogens with one attached hydrogen (secondary N) is 1. The van der Waals surface area contributed by atoms with Crippen molar-refractivity contribution in [2.75, 3.05) is 13.1 Å². The highest BCUT2D eigenvalue weighted by Gasteiger charge is 2.20. The Morgan fingerprint density at radius 3 is 2.12 bits per heavy atom. The fourth-order valence-electron chi connectivity index (χ4n) is 3.09. The number of nitrogens with zero attached hydrogens (tertiary/aromatic N) is 1. The second kappa shape index (κ2) is 8.15. The number of hydrogen-bond donors (Lipinski definition) is 1. The molecule has 1 heterocycles. The van der Waals surface area contributed by atoms with Crippen molar-refractivity contribution in [1.29, 1.82) is 0 Å². The minimum Gasteiger partial charge on any atom is -0.357 e. The van der Waals surface area contributed by atoms with Crippen LogP contribution in [0.15, 0.2) is 96.9 Å². The standard InChI is InChI=1S/C22H22N2O/c1-18-12-13-21(16-24(18)15-14-23-17-25)22(19-8-4-2-5-9-19)20-10-6-3-7-11-20/h2-13,16-17,22H,1,14-15H2,(H,23,25). The van der Waals surface area contributed by atoms with E-state index in [0.29, 0.717) is 13.1 Å². The van der Waals surface area contributed by atoms with Gasteiger partial charge < -0.3 is 10.2 Å². The highest BCUT2D eigenvalue weighted by atomic mass is 16.1. The van der Waals surface area contributed by atoms with Gasteiger partial charge in [-0.25, -0.2) is 0 Å². The van der Waals surface area contributed by atoms with Gasteiger partial charge in [-0.15, -0.1) is 0 Å². The van der Waals surface area contributed by atoms with E-state index in [1.165, 1.54) is 16.7 Å². The van der Waals surface area contributed by atoms with E-state index in [9.17, 15) is 4.79 Å². The summed E-state index contributed by atoms with van der Waals surface area (Å²) < 4.78 is 0. The molecule has 0 atom stereocenters. The third kappa shape index (κ3) is 4.07. The van der Waals surface area contributed by atoms with E-state index in [-0.39, 0.29) is 5.92 Å². The number of rotatable bonds is 7. The Labute approximate surface area is 149 Å². The SMILES string of the molecule is C=C1C=CC(C(c2ccccc2)c2ccccc2)=CN1CCNC=O. The molecule has 0 radical (unpaired) electrons. The van der Waals surface area contributed by atoms with Gasteiger partial charge in [-0.2, -0.15) is 0 Å². The average Bonchev–Trinajstić information content (AvgIpc) is 2.66. The Morgan fingerprint density at radius 1 is 0.960 bits per heavy atom. The van der Waals surface area contributed by atoms with Gasteiger partial charge in [0.2, 0.25) is 6.41 Å². The van der Waals surface area contributed by atoms with Crippen LogP contribution in [0.2, 0.25) is 0 Å². The van der Waals surface area contributed by atoms with Gasteiger partial charge in [-0.3, -0.25) is 4.79 Å². The maximum absolute atomic E-state index is 10.5. The molecule has 1 aliphatic rings. The summed E-state index contributed by atoms with van der Waals surface area (Å²) in [5, 5.41) is 2.71. The van der Waals surface area contributed by atoms with Gasteiger partial charge in [0.1, 0.15) is 0 Å². The molecule has 1 N–H and O–H groups in total. The second-order valence-electron chi connectivity index (χ2n) is 5.97. The highest BCUT2D eigenvalue weighted by molar-refractivity contribution is 5.48. The van der Waals surface area contributed by atoms with Crippen LogP contribution in [0, 0.1) is 0 Å². The number of benzene rings is 2. The van der Waals surface area contributed by atoms with Crippen LogP contribution in [0.5, 0.6) is 0 Å². The molecule has 0 unspecified atom stereocenters. The van der Waals surface area contributed by atoms with Crippen molar-refractivity contribution < 1.29 is 4.79 Å². The number of hydrogen-bond acceptors (Lipinski definition) is 2. The van der Waals surface area contributed by atoms with Crippen LogP contribution >= 0.6 is 0 Å². The molecule has 1 aliphatic heterocycles. The molecule has 25 heavy (non-hydrogen) atoms. The molecule has 2 aromatic carbocycles. The van der Waals surface area contributed by atoms with Gasteiger partial charge >= 0.3 is 0 Å². The largest absolute Gasteiger partial charge is 0.357 e. The zero-order valence-electron chi connectivity index (χ0n) is 14.1. The molecule has 3 heteroatoms. The first-order chi connectivity index (χ1) is 12.3. The van der Waals surface area contributed by atoms with E-state index >= 15 is 0 Å². The summed E-state index contributed by atoms with van der Waals surface area (Å²) in [6, 6.07) is 21.0. The van der Waals surface area contributed by atoms with E-state index in [0.717, 1.165) is 12.1 Å². The van der Waals surface area contributed by atoms with Crippen LogP contribution in [0.3, 0.4) is 0 Å². The summed E-state index contributed by atoms with van der Waals surface area (Å²) in [5.41, 5.74) is 4.64. The lowest BCUT2D eigenvalue weighted by Gasteiger charge is -2.29. The topological polar surface area (TPSA) is 32.3 Å². The first-order valence-corrected chi connectivity index (χ1v) is 8.42. The van der Waals surface area contributed by atoms with E-state index in [4.69, 9.17) is 0 Å². The van der Waals surface area contributed by atoms with Crippen LogP contribution in [-0.2, 0) is 4.79 Å². The van der Waals surface area contributed by atoms with Crippen LogP contribution < -0.4 is 5.32 Å². The molecule has 1 amide bonds. The molecule has 0 bridgehead atoms. The summed E-state index contributed by atoms with van der Waals surface area (Å²) in [5.74, 6) is 0.160. The average molecular weight is 330 g/mol. The van der Waals surface area contributed by atoms with Gasteiger partial charge in [0.25, 0.3) is 0 Å². The molecule has 0 spiro atoms. The molecule has 0 fully saturated rings. The molecular formula is C22H22N2O. The molecular weight excluding hydrogens is 308 g/mol. The minimum absolute atomic E-state index is 0.160. The normalized spacial score (nSPS) is 13.7. The van der Waals surface area contributed by atoms with Crippen LogP contribution in [0.4, 0.5) is 0 Å². The van der Waals surface area contributed by atoms with Crippen molar-refractivity contribution in [2.24, 2.45) is 0 Å². The van der Waals surface area contributed by atoms with E-state index < -0.39 is 0 Å². The van der Waals surface area contributed by atoms with Crippen molar-refractivity contribution >= 4 is 6.41 Å². The van der Waals surface area contributed by atoms with E-state index in [1.54, 1.807) is 0 Å². The molecule has 2 aromatic rings. The molecule has 0 aliphatic carbocycles. The van der Waals surface area contributed by atoms with Crippen molar-refractivity contribution in [3.63, 3.8) is 0 Å². The molecule has 0 saturated heterocycles. The van der Waals surface area contributed by atoms with Gasteiger partial charge in [0.05, 0.1) is 0 Å². The van der Waals surface area contributed by atoms with Gasteiger partial charge in [0.15, 0.2) is 0 Å². The zero-order chi connectivity index (χ0) is 17.5. The fourth-order valence-corrected chi connectivity index (χ4v) is 3.09. The van der Waals surface area contributed by atoms with Gasteiger partial charge in [-0.1, -0.05) is 73.3 Å². The van der Waals surface area contributed by atoms with Gasteiger partial charge in [-0.05, 0) is 22.8 Å². The van der Waals surface area contributed by atoms with E-state index in [2.05, 4.69) is 77.6 Å². The third-order valence-electron chi connectivity index (χ3n) is 4.32. The number of amides is 1. The molecule has 0 saturated carbocycles. The van der Waals surface area contributed by atoms with Crippen molar-refractivity contribution in [1.82, 2.24) is 10.2 Å². The minimum atomic E-state index is 0.160. The van der Waals surface area contributed by atoms with Crippen LogP contribution in [-0.4, -0.2) is 24.4 Å². The Morgan fingerprint density at radius 2 is 1.56 bits per heavy atom. The quantitative estimate of drug-likeness (QED) is 0.618. The molecule has 3 rings (SSSR count). The van der Waals surface area contributed by atoms with Gasteiger partial charge in [0, 0.05) is 30.9 Å². The lowest BCUT2D eigenvalue weighted by atomic mass is 9.84. The number of carbonyl (C=O) groups is 1. The fraction of sp³-hybridized carbons (Fsp3) is 0.136. The summed E-state index contributed by atoms with van der Waals surface area (Å²) in [4.78, 5) is 12.6. The lowest BCUT2D eigenvalue weighted by molar-refractivity contribution is -0.109. The summed E-state index contributed by atoms with van der Waals surface area (Å²) in [6.45, 7) is 5.37. The Bertz CT molecular complexity index is 739. The molecule has 126 valence electrons. The highest BCUT2D eigenvalue weighted by Crippen LogP contribution is 2.34. The first kappa shape index (κ1) is 16.8. The number of allylic oxidation sites excluding steroid dienone is 3.